The average molecular weight is 396 g/mol. The Bertz CT molecular complexity index is 660. The molecule has 20 heavy (non-hydrogen) atoms. The number of aryl methyl sites for hydroxylation is 1. The van der Waals surface area contributed by atoms with Crippen LogP contribution in [-0.4, -0.2) is 12.4 Å². The summed E-state index contributed by atoms with van der Waals surface area (Å²) in [5.74, 6) is 0.934. The van der Waals surface area contributed by atoms with Gasteiger partial charge in [-0.25, -0.2) is 0 Å². The van der Waals surface area contributed by atoms with E-state index in [1.165, 1.54) is 0 Å². The first-order valence-electron chi connectivity index (χ1n) is 6.40. The third-order valence-corrected chi connectivity index (χ3v) is 4.21. The van der Waals surface area contributed by atoms with Crippen LogP contribution in [0.4, 0.5) is 0 Å². The number of ether oxygens (including phenoxy) is 1. The maximum absolute atomic E-state index is 12.6. The molecule has 0 unspecified atom stereocenters. The summed E-state index contributed by atoms with van der Waals surface area (Å²) >= 11 is 6.82. The van der Waals surface area contributed by atoms with Gasteiger partial charge in [0.05, 0.1) is 6.61 Å². The van der Waals surface area contributed by atoms with Gasteiger partial charge in [-0.05, 0) is 54.8 Å². The lowest BCUT2D eigenvalue weighted by atomic mass is 9.98. The smallest absolute Gasteiger partial charge is 0.193 e. The van der Waals surface area contributed by atoms with Crippen molar-refractivity contribution in [3.63, 3.8) is 0 Å². The van der Waals surface area contributed by atoms with E-state index in [1.54, 1.807) is 0 Å². The van der Waals surface area contributed by atoms with Crippen LogP contribution in [0.5, 0.6) is 5.75 Å². The van der Waals surface area contributed by atoms with Crippen LogP contribution in [0.15, 0.2) is 45.3 Å². The van der Waals surface area contributed by atoms with Crippen molar-refractivity contribution in [1.29, 1.82) is 0 Å². The molecule has 1 aliphatic rings. The SMILES string of the molecule is O=C(c1cc(Br)cc(Br)c1)c1ccc2c(c1)CCCO2. The zero-order valence-corrected chi connectivity index (χ0v) is 13.8. The van der Waals surface area contributed by atoms with Gasteiger partial charge in [0.2, 0.25) is 0 Å². The number of hydrogen-bond donors (Lipinski definition) is 0. The number of halogens is 2. The van der Waals surface area contributed by atoms with E-state index < -0.39 is 0 Å². The molecule has 0 radical (unpaired) electrons. The summed E-state index contributed by atoms with van der Waals surface area (Å²) in [6, 6.07) is 11.3. The van der Waals surface area contributed by atoms with Crippen LogP contribution in [0.25, 0.3) is 0 Å². The summed E-state index contributed by atoms with van der Waals surface area (Å²) < 4.78 is 7.35. The first-order chi connectivity index (χ1) is 9.63. The van der Waals surface area contributed by atoms with Gasteiger partial charge in [-0.3, -0.25) is 4.79 Å². The first kappa shape index (κ1) is 13.8. The predicted molar refractivity (Wildman–Crippen MR) is 85.5 cm³/mol. The van der Waals surface area contributed by atoms with Gasteiger partial charge >= 0.3 is 0 Å². The zero-order chi connectivity index (χ0) is 14.1. The van der Waals surface area contributed by atoms with Crippen molar-refractivity contribution >= 4 is 37.6 Å². The fourth-order valence-electron chi connectivity index (χ4n) is 2.35. The van der Waals surface area contributed by atoms with Crippen LogP contribution in [-0.2, 0) is 6.42 Å². The molecule has 0 saturated heterocycles. The lowest BCUT2D eigenvalue weighted by Gasteiger charge is -2.17. The summed E-state index contributed by atoms with van der Waals surface area (Å²) in [5, 5.41) is 0. The molecule has 2 aromatic carbocycles. The molecule has 4 heteroatoms. The van der Waals surface area contributed by atoms with E-state index in [2.05, 4.69) is 31.9 Å². The Kier molecular flexibility index (Phi) is 3.94. The van der Waals surface area contributed by atoms with Gasteiger partial charge in [0.1, 0.15) is 5.75 Å². The highest BCUT2D eigenvalue weighted by atomic mass is 79.9. The third-order valence-electron chi connectivity index (χ3n) is 3.30. The summed E-state index contributed by atoms with van der Waals surface area (Å²) in [6.45, 7) is 0.763. The molecule has 3 rings (SSSR count). The van der Waals surface area contributed by atoms with E-state index in [0.717, 1.165) is 39.7 Å². The van der Waals surface area contributed by atoms with Gasteiger partial charge in [0, 0.05) is 20.1 Å². The maximum atomic E-state index is 12.6. The molecule has 102 valence electrons. The number of carbonyl (C=O) groups is 1. The van der Waals surface area contributed by atoms with Crippen LogP contribution in [0.2, 0.25) is 0 Å². The lowest BCUT2D eigenvalue weighted by Crippen LogP contribution is -2.10. The van der Waals surface area contributed by atoms with Gasteiger partial charge in [0.15, 0.2) is 5.78 Å². The normalized spacial score (nSPS) is 13.5. The molecule has 0 fully saturated rings. The molecule has 1 heterocycles. The fraction of sp³-hybridized carbons (Fsp3) is 0.188. The van der Waals surface area contributed by atoms with Crippen LogP contribution in [0.1, 0.15) is 27.9 Å². The number of ketones is 1. The summed E-state index contributed by atoms with van der Waals surface area (Å²) in [5.41, 5.74) is 2.50. The largest absolute Gasteiger partial charge is 0.493 e. The monoisotopic (exact) mass is 394 g/mol. The molecule has 0 spiro atoms. The Labute approximate surface area is 134 Å². The first-order valence-corrected chi connectivity index (χ1v) is 7.98. The number of carbonyl (C=O) groups excluding carboxylic acids is 1. The second kappa shape index (κ2) is 5.70. The summed E-state index contributed by atoms with van der Waals surface area (Å²) in [4.78, 5) is 12.6. The Hall–Kier alpha value is -1.13. The second-order valence-corrected chi connectivity index (χ2v) is 6.59. The molecule has 1 aliphatic heterocycles. The quantitative estimate of drug-likeness (QED) is 0.684. The van der Waals surface area contributed by atoms with Crippen LogP contribution >= 0.6 is 31.9 Å². The van der Waals surface area contributed by atoms with Gasteiger partial charge in [-0.2, -0.15) is 0 Å². The van der Waals surface area contributed by atoms with Crippen molar-refractivity contribution in [1.82, 2.24) is 0 Å². The molecule has 2 aromatic rings. The molecule has 0 atom stereocenters. The molecule has 0 aromatic heterocycles. The fourth-order valence-corrected chi connectivity index (χ4v) is 3.65. The van der Waals surface area contributed by atoms with Gasteiger partial charge in [0.25, 0.3) is 0 Å². The van der Waals surface area contributed by atoms with Crippen LogP contribution in [0.3, 0.4) is 0 Å². The molecular formula is C16H12Br2O2. The molecule has 0 aliphatic carbocycles. The van der Waals surface area contributed by atoms with Gasteiger partial charge in [-0.15, -0.1) is 0 Å². The minimum atomic E-state index is 0.0281. The Morgan fingerprint density at radius 3 is 2.50 bits per heavy atom. The highest BCUT2D eigenvalue weighted by molar-refractivity contribution is 9.11. The third kappa shape index (κ3) is 2.81. The number of hydrogen-bond acceptors (Lipinski definition) is 2. The molecule has 2 nitrogen and oxygen atoms in total. The molecule has 0 bridgehead atoms. The highest BCUT2D eigenvalue weighted by Crippen LogP contribution is 2.27. The van der Waals surface area contributed by atoms with E-state index in [4.69, 9.17) is 4.74 Å². The molecule has 0 N–H and O–H groups in total. The van der Waals surface area contributed by atoms with Crippen molar-refractivity contribution in [2.45, 2.75) is 12.8 Å². The molecular weight excluding hydrogens is 384 g/mol. The highest BCUT2D eigenvalue weighted by Gasteiger charge is 2.15. The standard InChI is InChI=1S/C16H12Br2O2/c17-13-7-12(8-14(18)9-13)16(19)11-3-4-15-10(6-11)2-1-5-20-15/h3-4,6-9H,1-2,5H2. The van der Waals surface area contributed by atoms with E-state index in [1.807, 2.05) is 36.4 Å². The number of fused-ring (bicyclic) bond motifs is 1. The molecule has 0 saturated carbocycles. The van der Waals surface area contributed by atoms with Crippen molar-refractivity contribution < 1.29 is 9.53 Å². The van der Waals surface area contributed by atoms with Crippen molar-refractivity contribution in [3.8, 4) is 5.75 Å². The minimum absolute atomic E-state index is 0.0281. The van der Waals surface area contributed by atoms with Crippen molar-refractivity contribution in [3.05, 3.63) is 62.0 Å². The van der Waals surface area contributed by atoms with Crippen molar-refractivity contribution in [2.75, 3.05) is 6.61 Å². The van der Waals surface area contributed by atoms with Gasteiger partial charge < -0.3 is 4.74 Å². The Morgan fingerprint density at radius 1 is 1.00 bits per heavy atom. The summed E-state index contributed by atoms with van der Waals surface area (Å²) in [7, 11) is 0. The van der Waals surface area contributed by atoms with E-state index in [9.17, 15) is 4.79 Å². The van der Waals surface area contributed by atoms with Crippen molar-refractivity contribution in [2.24, 2.45) is 0 Å². The predicted octanol–water partition coefficient (Wildman–Crippen LogP) is 4.77. The maximum Gasteiger partial charge on any atom is 0.193 e. The summed E-state index contributed by atoms with van der Waals surface area (Å²) in [6.07, 6.45) is 1.98. The molecule has 0 amide bonds. The Morgan fingerprint density at radius 2 is 1.75 bits per heavy atom. The number of rotatable bonds is 2. The van der Waals surface area contributed by atoms with Gasteiger partial charge in [-0.1, -0.05) is 31.9 Å². The van der Waals surface area contributed by atoms with Crippen LogP contribution in [0, 0.1) is 0 Å². The number of benzene rings is 2. The van der Waals surface area contributed by atoms with E-state index in [0.29, 0.717) is 11.1 Å². The average Bonchev–Trinajstić information content (AvgIpc) is 2.45. The lowest BCUT2D eigenvalue weighted by molar-refractivity contribution is 0.103. The Balaban J connectivity index is 1.97. The van der Waals surface area contributed by atoms with E-state index >= 15 is 0 Å². The van der Waals surface area contributed by atoms with E-state index in [-0.39, 0.29) is 5.78 Å². The zero-order valence-electron chi connectivity index (χ0n) is 10.7. The topological polar surface area (TPSA) is 26.3 Å². The minimum Gasteiger partial charge on any atom is -0.493 e. The second-order valence-electron chi connectivity index (χ2n) is 4.76. The van der Waals surface area contributed by atoms with Crippen LogP contribution < -0.4 is 4.74 Å².